The fourth-order valence-corrected chi connectivity index (χ4v) is 3.70. The summed E-state index contributed by atoms with van der Waals surface area (Å²) < 4.78 is 1.94. The van der Waals surface area contributed by atoms with E-state index in [-0.39, 0.29) is 0 Å². The van der Waals surface area contributed by atoms with Gasteiger partial charge in [-0.3, -0.25) is 15.3 Å². The molecule has 146 valence electrons. The van der Waals surface area contributed by atoms with E-state index in [9.17, 15) is 0 Å². The molecule has 0 heterocycles. The average Bonchev–Trinajstić information content (AvgIpc) is 2.73. The van der Waals surface area contributed by atoms with Gasteiger partial charge < -0.3 is 11.1 Å². The molecule has 1 unspecified atom stereocenters. The quantitative estimate of drug-likeness (QED) is 0.314. The number of hydrogen-bond acceptors (Lipinski definition) is 1. The normalized spacial score (nSPS) is 17.4. The van der Waals surface area contributed by atoms with Gasteiger partial charge in [-0.05, 0) is 30.0 Å². The van der Waals surface area contributed by atoms with E-state index in [2.05, 4.69) is 71.8 Å². The molecule has 0 amide bonds. The average molecular weight is 377 g/mol. The Balaban J connectivity index is 1.79. The molecule has 0 bridgehead atoms. The Labute approximate surface area is 167 Å². The molecule has 0 aromatic heterocycles. The second kappa shape index (κ2) is 9.22. The zero-order valence-electron chi connectivity index (χ0n) is 16.7. The molecular weight excluding hydrogens is 346 g/mol. The van der Waals surface area contributed by atoms with Crippen LogP contribution in [0.15, 0.2) is 65.2 Å². The van der Waals surface area contributed by atoms with Gasteiger partial charge in [0.05, 0.1) is 13.6 Å². The van der Waals surface area contributed by atoms with Gasteiger partial charge in [0, 0.05) is 30.1 Å². The maximum Gasteiger partial charge on any atom is 0.229 e. The van der Waals surface area contributed by atoms with Crippen molar-refractivity contribution in [2.45, 2.75) is 25.7 Å². The molecule has 5 heteroatoms. The van der Waals surface area contributed by atoms with Gasteiger partial charge in [-0.2, -0.15) is 0 Å². The minimum Gasteiger partial charge on any atom is -0.370 e. The number of nitrogens with zero attached hydrogens (tertiary/aromatic N) is 2. The first-order valence-corrected chi connectivity index (χ1v) is 9.76. The Morgan fingerprint density at radius 2 is 1.89 bits per heavy atom. The molecule has 1 aliphatic carbocycles. The van der Waals surface area contributed by atoms with Crippen LogP contribution in [0, 0.1) is 0 Å². The standard InChI is InChI=1S/C23H29N5/c1-17-15-21(18-9-4-3-5-10-18)19-11-6-7-12-20(19)22(17)27-23(25)26-13-8-14-28(2)16-24/h3-7,9-12,16,21,24H,8,13-15H2,1-2H3,(H3,25,26,27)/p+1. The molecule has 0 spiro atoms. The highest BCUT2D eigenvalue weighted by molar-refractivity contribution is 5.90. The number of hydrogen-bond donors (Lipinski definition) is 3. The second-order valence-electron chi connectivity index (χ2n) is 7.29. The monoisotopic (exact) mass is 376 g/mol. The summed E-state index contributed by atoms with van der Waals surface area (Å²) in [4.78, 5) is 4.48. The molecule has 3 rings (SSSR count). The Bertz CT molecular complexity index is 896. The summed E-state index contributed by atoms with van der Waals surface area (Å²) in [5.41, 5.74) is 17.9. The van der Waals surface area contributed by atoms with Crippen LogP contribution in [0.4, 0.5) is 0 Å². The van der Waals surface area contributed by atoms with Crippen molar-refractivity contribution >= 4 is 18.0 Å². The largest absolute Gasteiger partial charge is 0.370 e. The zero-order chi connectivity index (χ0) is 19.9. The molecule has 2 aromatic rings. The minimum atomic E-state index is 0.365. The molecule has 0 saturated heterocycles. The summed E-state index contributed by atoms with van der Waals surface area (Å²) in [6.07, 6.45) is 3.44. The van der Waals surface area contributed by atoms with Crippen molar-refractivity contribution in [2.24, 2.45) is 16.5 Å². The predicted octanol–water partition coefficient (Wildman–Crippen LogP) is 2.88. The lowest BCUT2D eigenvalue weighted by Gasteiger charge is -2.29. The number of fused-ring (bicyclic) bond motifs is 1. The zero-order valence-corrected chi connectivity index (χ0v) is 16.7. The van der Waals surface area contributed by atoms with Crippen molar-refractivity contribution in [3.63, 3.8) is 0 Å². The molecule has 28 heavy (non-hydrogen) atoms. The van der Waals surface area contributed by atoms with E-state index in [1.165, 1.54) is 22.3 Å². The number of allylic oxidation sites excluding steroid dienone is 1. The van der Waals surface area contributed by atoms with Crippen molar-refractivity contribution in [3.05, 3.63) is 76.9 Å². The maximum atomic E-state index is 6.18. The summed E-state index contributed by atoms with van der Waals surface area (Å²) >= 11 is 0. The van der Waals surface area contributed by atoms with Gasteiger partial charge >= 0.3 is 0 Å². The van der Waals surface area contributed by atoms with Crippen molar-refractivity contribution in [3.8, 4) is 0 Å². The number of nitrogens with one attached hydrogen (secondary N) is 1. The van der Waals surface area contributed by atoms with Gasteiger partial charge in [-0.25, -0.2) is 0 Å². The van der Waals surface area contributed by atoms with Crippen LogP contribution in [0.2, 0.25) is 0 Å². The first kappa shape index (κ1) is 19.7. The SMILES string of the molecule is CC1=C(NC(N)=NCCC[N+](C)=CN)c2ccccc2C(c2ccccc2)C1. The summed E-state index contributed by atoms with van der Waals surface area (Å²) in [7, 11) is 1.95. The smallest absolute Gasteiger partial charge is 0.229 e. The number of benzene rings is 2. The van der Waals surface area contributed by atoms with E-state index >= 15 is 0 Å². The van der Waals surface area contributed by atoms with Crippen LogP contribution in [0.1, 0.15) is 42.4 Å². The number of guanidine groups is 1. The van der Waals surface area contributed by atoms with Crippen molar-refractivity contribution in [1.82, 2.24) is 5.32 Å². The Hall–Kier alpha value is -3.08. The topological polar surface area (TPSA) is 79.4 Å². The van der Waals surface area contributed by atoms with E-state index in [1.807, 2.05) is 11.6 Å². The molecule has 1 aliphatic rings. The van der Waals surface area contributed by atoms with Crippen molar-refractivity contribution < 1.29 is 4.58 Å². The number of aliphatic imine (C=N–C) groups is 1. The summed E-state index contributed by atoms with van der Waals surface area (Å²) in [6, 6.07) is 19.3. The molecule has 0 fully saturated rings. The summed E-state index contributed by atoms with van der Waals surface area (Å²) in [5.74, 6) is 0.825. The number of rotatable bonds is 6. The maximum absolute atomic E-state index is 6.18. The highest BCUT2D eigenvalue weighted by Gasteiger charge is 2.26. The van der Waals surface area contributed by atoms with E-state index in [4.69, 9.17) is 11.5 Å². The highest BCUT2D eigenvalue weighted by atomic mass is 15.1. The molecule has 2 aromatic carbocycles. The Morgan fingerprint density at radius 3 is 2.64 bits per heavy atom. The van der Waals surface area contributed by atoms with Crippen LogP contribution in [0.25, 0.3) is 5.70 Å². The van der Waals surface area contributed by atoms with Gasteiger partial charge in [-0.1, -0.05) is 54.6 Å². The van der Waals surface area contributed by atoms with Gasteiger partial charge in [0.15, 0.2) is 5.96 Å². The van der Waals surface area contributed by atoms with Gasteiger partial charge in [0.2, 0.25) is 6.34 Å². The van der Waals surface area contributed by atoms with Crippen molar-refractivity contribution in [1.29, 1.82) is 0 Å². The van der Waals surface area contributed by atoms with Crippen LogP contribution in [-0.4, -0.2) is 37.0 Å². The summed E-state index contributed by atoms with van der Waals surface area (Å²) in [6.45, 7) is 3.70. The van der Waals surface area contributed by atoms with Crippen LogP contribution in [-0.2, 0) is 0 Å². The van der Waals surface area contributed by atoms with Crippen LogP contribution >= 0.6 is 0 Å². The van der Waals surface area contributed by atoms with E-state index < -0.39 is 0 Å². The van der Waals surface area contributed by atoms with Gasteiger partial charge in [0.25, 0.3) is 0 Å². The van der Waals surface area contributed by atoms with Crippen LogP contribution in [0.3, 0.4) is 0 Å². The fraction of sp³-hybridized carbons (Fsp3) is 0.304. The van der Waals surface area contributed by atoms with E-state index in [0.717, 1.165) is 25.1 Å². The Morgan fingerprint density at radius 1 is 1.18 bits per heavy atom. The lowest BCUT2D eigenvalue weighted by molar-refractivity contribution is -0.493. The highest BCUT2D eigenvalue weighted by Crippen LogP contribution is 2.40. The molecule has 5 nitrogen and oxygen atoms in total. The lowest BCUT2D eigenvalue weighted by Crippen LogP contribution is -2.33. The molecule has 0 radical (unpaired) electrons. The third-order valence-corrected chi connectivity index (χ3v) is 5.20. The van der Waals surface area contributed by atoms with Gasteiger partial charge in [0.1, 0.15) is 0 Å². The molecule has 0 aliphatic heterocycles. The molecule has 1 atom stereocenters. The van der Waals surface area contributed by atoms with E-state index in [1.54, 1.807) is 6.34 Å². The molecule has 5 N–H and O–H groups in total. The van der Waals surface area contributed by atoms with Crippen LogP contribution in [0.5, 0.6) is 0 Å². The minimum absolute atomic E-state index is 0.365. The third-order valence-electron chi connectivity index (χ3n) is 5.20. The van der Waals surface area contributed by atoms with Crippen LogP contribution < -0.4 is 16.8 Å². The third kappa shape index (κ3) is 4.60. The molecular formula is C23H30N5+. The second-order valence-corrected chi connectivity index (χ2v) is 7.29. The van der Waals surface area contributed by atoms with E-state index in [0.29, 0.717) is 18.4 Å². The fourth-order valence-electron chi connectivity index (χ4n) is 3.70. The number of nitrogens with two attached hydrogens (primary N) is 2. The first-order valence-electron chi connectivity index (χ1n) is 9.76. The predicted molar refractivity (Wildman–Crippen MR) is 117 cm³/mol. The van der Waals surface area contributed by atoms with Gasteiger partial charge in [-0.15, -0.1) is 0 Å². The Kier molecular flexibility index (Phi) is 6.48. The first-order chi connectivity index (χ1) is 13.6. The summed E-state index contributed by atoms with van der Waals surface area (Å²) in [5, 5.41) is 3.36. The lowest BCUT2D eigenvalue weighted by atomic mass is 9.78. The van der Waals surface area contributed by atoms with Crippen molar-refractivity contribution in [2.75, 3.05) is 20.1 Å². The molecule has 0 saturated carbocycles.